The molecule has 110 valence electrons. The van der Waals surface area contributed by atoms with Gasteiger partial charge in [-0.05, 0) is 20.9 Å². The molecule has 1 aliphatic rings. The molecule has 0 bridgehead atoms. The Kier molecular flexibility index (Phi) is 5.25. The van der Waals surface area contributed by atoms with Crippen molar-refractivity contribution in [2.24, 2.45) is 5.73 Å². The van der Waals surface area contributed by atoms with Gasteiger partial charge in [0, 0.05) is 19.6 Å². The van der Waals surface area contributed by atoms with Gasteiger partial charge in [0.15, 0.2) is 5.67 Å². The lowest BCUT2D eigenvalue weighted by Gasteiger charge is -2.36. The van der Waals surface area contributed by atoms with Crippen molar-refractivity contribution in [3.63, 3.8) is 0 Å². The van der Waals surface area contributed by atoms with Gasteiger partial charge in [0.1, 0.15) is 0 Å². The van der Waals surface area contributed by atoms with Gasteiger partial charge in [-0.2, -0.15) is 0 Å². The second-order valence-corrected chi connectivity index (χ2v) is 5.38. The van der Waals surface area contributed by atoms with E-state index in [-0.39, 0.29) is 12.6 Å². The summed E-state index contributed by atoms with van der Waals surface area (Å²) in [7, 11) is 1.74. The summed E-state index contributed by atoms with van der Waals surface area (Å²) in [5.74, 6) is -0.950. The van der Waals surface area contributed by atoms with Crippen LogP contribution in [0, 0.1) is 0 Å². The van der Waals surface area contributed by atoms with E-state index in [2.05, 4.69) is 0 Å². The Morgan fingerprint density at radius 3 is 2.68 bits per heavy atom. The van der Waals surface area contributed by atoms with Crippen molar-refractivity contribution in [3.05, 3.63) is 0 Å². The summed E-state index contributed by atoms with van der Waals surface area (Å²) in [6.45, 7) is 4.19. The minimum absolute atomic E-state index is 0.127. The number of hydrogen-bond acceptors (Lipinski definition) is 4. The summed E-state index contributed by atoms with van der Waals surface area (Å²) in [5, 5.41) is 0. The molecular formula is C12H22FN3O3. The number of halogens is 1. The van der Waals surface area contributed by atoms with Crippen LogP contribution in [0.1, 0.15) is 13.8 Å². The number of rotatable bonds is 5. The van der Waals surface area contributed by atoms with Crippen molar-refractivity contribution in [2.75, 3.05) is 39.8 Å². The average Bonchev–Trinajstić information content (AvgIpc) is 2.25. The number of ether oxygens (including phenoxy) is 1. The lowest BCUT2D eigenvalue weighted by atomic mass is 10.1. The SMILES string of the molecule is CN(CC(N)=O)C[C@@H]1CN(C(=O)C(C)(C)F)CCO1. The number of carbonyl (C=O) groups excluding carboxylic acids is 2. The maximum Gasteiger partial charge on any atom is 0.259 e. The zero-order valence-electron chi connectivity index (χ0n) is 11.7. The zero-order chi connectivity index (χ0) is 14.6. The highest BCUT2D eigenvalue weighted by molar-refractivity contribution is 5.84. The van der Waals surface area contributed by atoms with Crippen LogP contribution in [-0.2, 0) is 14.3 Å². The van der Waals surface area contributed by atoms with E-state index in [0.29, 0.717) is 26.2 Å². The number of carbonyl (C=O) groups is 2. The fourth-order valence-corrected chi connectivity index (χ4v) is 2.07. The molecule has 0 unspecified atom stereocenters. The third-order valence-corrected chi connectivity index (χ3v) is 2.88. The van der Waals surface area contributed by atoms with Gasteiger partial charge < -0.3 is 15.4 Å². The number of alkyl halides is 1. The molecule has 0 aromatic carbocycles. The molecule has 1 fully saturated rings. The van der Waals surface area contributed by atoms with Gasteiger partial charge in [-0.3, -0.25) is 14.5 Å². The molecule has 1 atom stereocenters. The number of nitrogens with zero attached hydrogens (tertiary/aromatic N) is 2. The first-order valence-corrected chi connectivity index (χ1v) is 6.27. The molecule has 1 aliphatic heterocycles. The monoisotopic (exact) mass is 275 g/mol. The number of amides is 2. The standard InChI is InChI=1S/C12H22FN3O3/c1-12(2,13)11(18)16-4-5-19-9(7-16)6-15(3)8-10(14)17/h9H,4-8H2,1-3H3,(H2,14,17)/t9-/m1/s1. The molecule has 0 aromatic rings. The van der Waals surface area contributed by atoms with Crippen LogP contribution in [-0.4, -0.2) is 73.2 Å². The van der Waals surface area contributed by atoms with Crippen LogP contribution in [0.3, 0.4) is 0 Å². The largest absolute Gasteiger partial charge is 0.373 e. The van der Waals surface area contributed by atoms with E-state index in [1.165, 1.54) is 18.7 Å². The molecule has 0 saturated carbocycles. The molecule has 7 heteroatoms. The Morgan fingerprint density at radius 2 is 2.16 bits per heavy atom. The van der Waals surface area contributed by atoms with Crippen LogP contribution in [0.2, 0.25) is 0 Å². The summed E-state index contributed by atoms with van der Waals surface area (Å²) in [6.07, 6.45) is -0.232. The van der Waals surface area contributed by atoms with Gasteiger partial charge in [-0.1, -0.05) is 0 Å². The molecule has 6 nitrogen and oxygen atoms in total. The van der Waals surface area contributed by atoms with Gasteiger partial charge >= 0.3 is 0 Å². The number of morpholine rings is 1. The Morgan fingerprint density at radius 1 is 1.53 bits per heavy atom. The highest BCUT2D eigenvalue weighted by Gasteiger charge is 2.34. The van der Waals surface area contributed by atoms with E-state index in [4.69, 9.17) is 10.5 Å². The van der Waals surface area contributed by atoms with Crippen LogP contribution in [0.4, 0.5) is 4.39 Å². The molecule has 1 rings (SSSR count). The van der Waals surface area contributed by atoms with Gasteiger partial charge in [-0.25, -0.2) is 4.39 Å². The van der Waals surface area contributed by atoms with E-state index >= 15 is 0 Å². The number of likely N-dealkylation sites (N-methyl/N-ethyl adjacent to an activating group) is 1. The molecule has 0 spiro atoms. The van der Waals surface area contributed by atoms with E-state index in [1.807, 2.05) is 0 Å². The maximum absolute atomic E-state index is 13.6. The van der Waals surface area contributed by atoms with Gasteiger partial charge in [0.05, 0.1) is 19.3 Å². The first kappa shape index (κ1) is 15.8. The number of nitrogens with two attached hydrogens (primary N) is 1. The molecule has 2 amide bonds. The number of hydrogen-bond donors (Lipinski definition) is 1. The fourth-order valence-electron chi connectivity index (χ4n) is 2.07. The smallest absolute Gasteiger partial charge is 0.259 e. The third-order valence-electron chi connectivity index (χ3n) is 2.88. The van der Waals surface area contributed by atoms with Crippen molar-refractivity contribution in [3.8, 4) is 0 Å². The fraction of sp³-hybridized carbons (Fsp3) is 0.833. The van der Waals surface area contributed by atoms with Crippen molar-refractivity contribution in [1.82, 2.24) is 9.80 Å². The predicted molar refractivity (Wildman–Crippen MR) is 68.2 cm³/mol. The van der Waals surface area contributed by atoms with Gasteiger partial charge in [0.2, 0.25) is 5.91 Å². The maximum atomic E-state index is 13.6. The van der Waals surface area contributed by atoms with Crippen LogP contribution in [0.15, 0.2) is 0 Å². The van der Waals surface area contributed by atoms with Crippen molar-refractivity contribution < 1.29 is 18.7 Å². The molecule has 1 heterocycles. The Balaban J connectivity index is 2.51. The molecular weight excluding hydrogens is 253 g/mol. The molecule has 0 aliphatic carbocycles. The second-order valence-electron chi connectivity index (χ2n) is 5.38. The second kappa shape index (κ2) is 6.29. The number of primary amides is 1. The average molecular weight is 275 g/mol. The lowest BCUT2D eigenvalue weighted by molar-refractivity contribution is -0.150. The van der Waals surface area contributed by atoms with Crippen LogP contribution in [0.5, 0.6) is 0 Å². The summed E-state index contributed by atoms with van der Waals surface area (Å²) in [5.41, 5.74) is 3.22. The Hall–Kier alpha value is -1.21. The van der Waals surface area contributed by atoms with E-state index < -0.39 is 17.5 Å². The molecule has 1 saturated heterocycles. The zero-order valence-corrected chi connectivity index (χ0v) is 11.7. The minimum Gasteiger partial charge on any atom is -0.373 e. The summed E-state index contributed by atoms with van der Waals surface area (Å²) < 4.78 is 19.1. The quantitative estimate of drug-likeness (QED) is 0.725. The van der Waals surface area contributed by atoms with Crippen LogP contribution in [0.25, 0.3) is 0 Å². The Bertz CT molecular complexity index is 344. The van der Waals surface area contributed by atoms with E-state index in [0.717, 1.165) is 0 Å². The predicted octanol–water partition coefficient (Wildman–Crippen LogP) is -0.621. The molecule has 0 radical (unpaired) electrons. The lowest BCUT2D eigenvalue weighted by Crippen LogP contribution is -2.53. The minimum atomic E-state index is -1.87. The van der Waals surface area contributed by atoms with E-state index in [1.54, 1.807) is 11.9 Å². The highest BCUT2D eigenvalue weighted by Crippen LogP contribution is 2.16. The Labute approximate surface area is 112 Å². The first-order chi connectivity index (χ1) is 8.70. The first-order valence-electron chi connectivity index (χ1n) is 6.27. The van der Waals surface area contributed by atoms with Gasteiger partial charge in [0.25, 0.3) is 5.91 Å². The van der Waals surface area contributed by atoms with Crippen molar-refractivity contribution in [1.29, 1.82) is 0 Å². The molecule has 2 N–H and O–H groups in total. The van der Waals surface area contributed by atoms with Crippen molar-refractivity contribution in [2.45, 2.75) is 25.6 Å². The third kappa shape index (κ3) is 5.12. The van der Waals surface area contributed by atoms with Gasteiger partial charge in [-0.15, -0.1) is 0 Å². The highest BCUT2D eigenvalue weighted by atomic mass is 19.1. The summed E-state index contributed by atoms with van der Waals surface area (Å²) in [6, 6.07) is 0. The molecule has 0 aromatic heterocycles. The topological polar surface area (TPSA) is 75.9 Å². The van der Waals surface area contributed by atoms with Crippen LogP contribution >= 0.6 is 0 Å². The molecule has 19 heavy (non-hydrogen) atoms. The summed E-state index contributed by atoms with van der Waals surface area (Å²) >= 11 is 0. The summed E-state index contributed by atoms with van der Waals surface area (Å²) in [4.78, 5) is 25.8. The van der Waals surface area contributed by atoms with E-state index in [9.17, 15) is 14.0 Å². The van der Waals surface area contributed by atoms with Crippen LogP contribution < -0.4 is 5.73 Å². The van der Waals surface area contributed by atoms with Crippen molar-refractivity contribution >= 4 is 11.8 Å². The normalized spacial score (nSPS) is 20.7.